The highest BCUT2D eigenvalue weighted by molar-refractivity contribution is 7.88. The van der Waals surface area contributed by atoms with E-state index >= 15 is 0 Å². The van der Waals surface area contributed by atoms with Gasteiger partial charge in [0, 0.05) is 13.1 Å². The van der Waals surface area contributed by atoms with Gasteiger partial charge in [-0.15, -0.1) is 0 Å². The Labute approximate surface area is 139 Å². The predicted octanol–water partition coefficient (Wildman–Crippen LogP) is 1.21. The highest BCUT2D eigenvalue weighted by Gasteiger charge is 2.31. The number of methoxy groups -OCH3 is 1. The van der Waals surface area contributed by atoms with E-state index in [1.807, 2.05) is 0 Å². The number of carbonyl (C=O) groups is 1. The smallest absolute Gasteiger partial charge is 0.296 e. The maximum absolute atomic E-state index is 12.4. The van der Waals surface area contributed by atoms with Gasteiger partial charge in [0.25, 0.3) is 5.69 Å². The minimum Gasteiger partial charge on any atom is -0.496 e. The van der Waals surface area contributed by atoms with Crippen LogP contribution in [-0.4, -0.2) is 50.0 Å². The number of nitrogens with zero attached hydrogens (tertiary/aromatic N) is 2. The van der Waals surface area contributed by atoms with E-state index in [9.17, 15) is 23.3 Å². The lowest BCUT2D eigenvalue weighted by atomic mass is 9.98. The first-order chi connectivity index (χ1) is 11.2. The number of anilines is 1. The molecule has 1 saturated heterocycles. The van der Waals surface area contributed by atoms with Gasteiger partial charge in [-0.3, -0.25) is 14.9 Å². The van der Waals surface area contributed by atoms with Crippen molar-refractivity contribution in [2.24, 2.45) is 5.92 Å². The van der Waals surface area contributed by atoms with Crippen molar-refractivity contribution >= 4 is 27.3 Å². The van der Waals surface area contributed by atoms with E-state index < -0.39 is 26.8 Å². The molecule has 1 atom stereocenters. The lowest BCUT2D eigenvalue weighted by Crippen LogP contribution is -2.43. The van der Waals surface area contributed by atoms with Crippen LogP contribution < -0.4 is 10.1 Å². The van der Waals surface area contributed by atoms with Gasteiger partial charge in [-0.2, -0.15) is 0 Å². The average molecular weight is 357 g/mol. The van der Waals surface area contributed by atoms with E-state index in [0.29, 0.717) is 25.1 Å². The number of ether oxygens (including phenoxy) is 1. The third-order valence-electron chi connectivity index (χ3n) is 3.88. The van der Waals surface area contributed by atoms with E-state index in [2.05, 4.69) is 5.32 Å². The maximum atomic E-state index is 12.4. The molecule has 1 aromatic carbocycles. The largest absolute Gasteiger partial charge is 0.496 e. The minimum atomic E-state index is -3.37. The molecule has 1 N–H and O–H groups in total. The summed E-state index contributed by atoms with van der Waals surface area (Å²) >= 11 is 0. The summed E-state index contributed by atoms with van der Waals surface area (Å²) in [5.74, 6) is -0.674. The second kappa shape index (κ2) is 7.14. The predicted molar refractivity (Wildman–Crippen MR) is 87.4 cm³/mol. The van der Waals surface area contributed by atoms with Crippen LogP contribution in [0.15, 0.2) is 18.2 Å². The third kappa shape index (κ3) is 4.20. The molecule has 2 rings (SSSR count). The molecule has 0 unspecified atom stereocenters. The van der Waals surface area contributed by atoms with Crippen molar-refractivity contribution in [3.8, 4) is 5.75 Å². The fourth-order valence-electron chi connectivity index (χ4n) is 2.59. The molecule has 0 bridgehead atoms. The second-order valence-corrected chi connectivity index (χ2v) is 7.57. The van der Waals surface area contributed by atoms with Crippen molar-refractivity contribution in [3.05, 3.63) is 28.3 Å². The van der Waals surface area contributed by atoms with Gasteiger partial charge >= 0.3 is 0 Å². The van der Waals surface area contributed by atoms with Crippen LogP contribution in [0.2, 0.25) is 0 Å². The van der Waals surface area contributed by atoms with E-state index in [0.717, 1.165) is 6.26 Å². The van der Waals surface area contributed by atoms with Gasteiger partial charge in [-0.05, 0) is 25.0 Å². The maximum Gasteiger partial charge on any atom is 0.296 e. The molecule has 9 nitrogen and oxygen atoms in total. The van der Waals surface area contributed by atoms with Gasteiger partial charge < -0.3 is 10.1 Å². The number of nitro groups is 1. The Kier molecular flexibility index (Phi) is 5.40. The normalized spacial score (nSPS) is 18.8. The summed E-state index contributed by atoms with van der Waals surface area (Å²) in [7, 11) is -1.98. The quantitative estimate of drug-likeness (QED) is 0.625. The highest BCUT2D eigenvalue weighted by atomic mass is 32.2. The second-order valence-electron chi connectivity index (χ2n) is 5.59. The number of rotatable bonds is 5. The van der Waals surface area contributed by atoms with Crippen LogP contribution in [0.4, 0.5) is 11.4 Å². The van der Waals surface area contributed by atoms with E-state index in [4.69, 9.17) is 4.74 Å². The van der Waals surface area contributed by atoms with Crippen LogP contribution >= 0.6 is 0 Å². The van der Waals surface area contributed by atoms with Crippen molar-refractivity contribution in [1.29, 1.82) is 0 Å². The molecule has 24 heavy (non-hydrogen) atoms. The van der Waals surface area contributed by atoms with Gasteiger partial charge in [0.15, 0.2) is 0 Å². The fraction of sp³-hybridized carbons (Fsp3) is 0.500. The number of nitrogens with one attached hydrogen (secondary N) is 1. The number of hydrogen-bond donors (Lipinski definition) is 1. The number of carbonyl (C=O) groups excluding carboxylic acids is 1. The zero-order valence-electron chi connectivity index (χ0n) is 13.4. The van der Waals surface area contributed by atoms with Crippen LogP contribution in [0.1, 0.15) is 12.8 Å². The van der Waals surface area contributed by atoms with Crippen LogP contribution in [0.25, 0.3) is 0 Å². The first-order valence-electron chi connectivity index (χ1n) is 7.31. The van der Waals surface area contributed by atoms with Gasteiger partial charge in [-0.1, -0.05) is 0 Å². The highest BCUT2D eigenvalue weighted by Crippen LogP contribution is 2.30. The number of benzene rings is 1. The molecule has 1 aliphatic rings. The first-order valence-corrected chi connectivity index (χ1v) is 9.15. The molecular formula is C14H19N3O6S. The van der Waals surface area contributed by atoms with Crippen LogP contribution in [0.3, 0.4) is 0 Å². The van der Waals surface area contributed by atoms with E-state index in [-0.39, 0.29) is 17.9 Å². The topological polar surface area (TPSA) is 119 Å². The van der Waals surface area contributed by atoms with Crippen molar-refractivity contribution in [2.75, 3.05) is 31.8 Å². The molecule has 1 amide bonds. The Hall–Kier alpha value is -2.20. The molecule has 0 aromatic heterocycles. The molecule has 0 radical (unpaired) electrons. The Balaban J connectivity index is 2.16. The number of amides is 1. The summed E-state index contributed by atoms with van der Waals surface area (Å²) in [5, 5.41) is 13.7. The molecule has 10 heteroatoms. The summed E-state index contributed by atoms with van der Waals surface area (Å²) in [5.41, 5.74) is -0.222. The molecule has 1 aliphatic heterocycles. The van der Waals surface area contributed by atoms with E-state index in [1.54, 1.807) is 0 Å². The molecule has 0 spiro atoms. The van der Waals surface area contributed by atoms with Crippen molar-refractivity contribution in [1.82, 2.24) is 4.31 Å². The number of sulfonamides is 1. The number of piperidine rings is 1. The molecule has 1 heterocycles. The van der Waals surface area contributed by atoms with Crippen molar-refractivity contribution < 1.29 is 22.9 Å². The molecule has 0 aliphatic carbocycles. The SMILES string of the molecule is COc1ccc(NC(=O)[C@@H]2CCCN(S(C)(=O)=O)C2)c([N+](=O)[O-])c1. The van der Waals surface area contributed by atoms with Gasteiger partial charge in [0.2, 0.25) is 15.9 Å². The summed E-state index contributed by atoms with van der Waals surface area (Å²) in [6, 6.07) is 4.12. The van der Waals surface area contributed by atoms with Gasteiger partial charge in [0.05, 0.1) is 30.3 Å². The Bertz CT molecular complexity index is 749. The summed E-state index contributed by atoms with van der Waals surface area (Å²) < 4.78 is 29.4. The molecule has 1 aromatic rings. The monoisotopic (exact) mass is 357 g/mol. The third-order valence-corrected chi connectivity index (χ3v) is 5.15. The lowest BCUT2D eigenvalue weighted by molar-refractivity contribution is -0.384. The lowest BCUT2D eigenvalue weighted by Gasteiger charge is -2.30. The van der Waals surface area contributed by atoms with E-state index in [1.165, 1.54) is 29.6 Å². The standard InChI is InChI=1S/C14H19N3O6S/c1-23-11-5-6-12(13(8-11)17(19)20)15-14(18)10-4-3-7-16(9-10)24(2,21)22/h5-6,8,10H,3-4,7,9H2,1-2H3,(H,15,18)/t10-/m1/s1. The number of nitro benzene ring substituents is 1. The Morgan fingerprint density at radius 1 is 1.46 bits per heavy atom. The molecule has 1 fully saturated rings. The van der Waals surface area contributed by atoms with Crippen LogP contribution in [-0.2, 0) is 14.8 Å². The van der Waals surface area contributed by atoms with Gasteiger partial charge in [-0.25, -0.2) is 12.7 Å². The zero-order chi connectivity index (χ0) is 17.9. The minimum absolute atomic E-state index is 0.0577. The van der Waals surface area contributed by atoms with Crippen molar-refractivity contribution in [3.63, 3.8) is 0 Å². The summed E-state index contributed by atoms with van der Waals surface area (Å²) in [4.78, 5) is 22.9. The van der Waals surface area contributed by atoms with Crippen molar-refractivity contribution in [2.45, 2.75) is 12.8 Å². The molecular weight excluding hydrogens is 338 g/mol. The molecule has 132 valence electrons. The van der Waals surface area contributed by atoms with Crippen LogP contribution in [0, 0.1) is 16.0 Å². The summed E-state index contributed by atoms with van der Waals surface area (Å²) in [6.07, 6.45) is 2.19. The average Bonchev–Trinajstić information content (AvgIpc) is 2.54. The Morgan fingerprint density at radius 3 is 2.75 bits per heavy atom. The summed E-state index contributed by atoms with van der Waals surface area (Å²) in [6.45, 7) is 0.458. The molecule has 0 saturated carbocycles. The van der Waals surface area contributed by atoms with Gasteiger partial charge in [0.1, 0.15) is 11.4 Å². The zero-order valence-corrected chi connectivity index (χ0v) is 14.2. The Morgan fingerprint density at radius 2 is 2.17 bits per heavy atom. The number of hydrogen-bond acceptors (Lipinski definition) is 6. The van der Waals surface area contributed by atoms with Crippen LogP contribution in [0.5, 0.6) is 5.75 Å². The first kappa shape index (κ1) is 18.1. The fourth-order valence-corrected chi connectivity index (χ4v) is 3.50.